The van der Waals surface area contributed by atoms with E-state index in [4.69, 9.17) is 0 Å². The van der Waals surface area contributed by atoms with E-state index in [0.717, 1.165) is 12.1 Å². The van der Waals surface area contributed by atoms with Crippen molar-refractivity contribution in [1.29, 1.82) is 0 Å². The first-order chi connectivity index (χ1) is 7.63. The van der Waals surface area contributed by atoms with Gasteiger partial charge in [-0.2, -0.15) is 0 Å². The first kappa shape index (κ1) is 9.72. The molecule has 0 unspecified atom stereocenters. The van der Waals surface area contributed by atoms with Gasteiger partial charge in [-0.05, 0) is 12.8 Å². The summed E-state index contributed by atoms with van der Waals surface area (Å²) in [5.74, 6) is -0.894. The summed E-state index contributed by atoms with van der Waals surface area (Å²) >= 11 is 0. The van der Waals surface area contributed by atoms with Crippen molar-refractivity contribution in [2.45, 2.75) is 24.9 Å². The molecule has 2 aromatic rings. The highest BCUT2D eigenvalue weighted by atomic mass is 19.2. The highest BCUT2D eigenvalue weighted by Crippen LogP contribution is 2.36. The number of imidazole rings is 1. The summed E-state index contributed by atoms with van der Waals surface area (Å²) in [5.41, 5.74) is 0.922. The second-order valence-corrected chi connectivity index (χ2v) is 4.23. The van der Waals surface area contributed by atoms with E-state index in [1.54, 1.807) is 0 Å². The van der Waals surface area contributed by atoms with Crippen LogP contribution in [-0.4, -0.2) is 21.2 Å². The Labute approximate surface area is 90.1 Å². The third-order valence-corrected chi connectivity index (χ3v) is 3.04. The minimum Gasteiger partial charge on any atom is -0.393 e. The molecule has 1 aromatic heterocycles. The van der Waals surface area contributed by atoms with Gasteiger partial charge in [0.2, 0.25) is 0 Å². The Morgan fingerprint density at radius 3 is 2.62 bits per heavy atom. The van der Waals surface area contributed by atoms with Crippen LogP contribution in [0, 0.1) is 11.6 Å². The van der Waals surface area contributed by atoms with Gasteiger partial charge in [-0.1, -0.05) is 0 Å². The van der Waals surface area contributed by atoms with Gasteiger partial charge in [0.05, 0.1) is 17.1 Å². The van der Waals surface area contributed by atoms with Crippen molar-refractivity contribution < 1.29 is 13.9 Å². The van der Waals surface area contributed by atoms with Crippen LogP contribution in [0.15, 0.2) is 12.1 Å². The molecule has 0 spiro atoms. The van der Waals surface area contributed by atoms with Gasteiger partial charge in [0, 0.05) is 18.1 Å². The second-order valence-electron chi connectivity index (χ2n) is 4.23. The van der Waals surface area contributed by atoms with E-state index < -0.39 is 11.6 Å². The number of halogens is 2. The lowest BCUT2D eigenvalue weighted by Crippen LogP contribution is -2.27. The number of nitrogens with zero attached hydrogens (tertiary/aromatic N) is 1. The highest BCUT2D eigenvalue weighted by molar-refractivity contribution is 5.75. The summed E-state index contributed by atoms with van der Waals surface area (Å²) < 4.78 is 25.9. The Balaban J connectivity index is 2.03. The van der Waals surface area contributed by atoms with E-state index in [1.807, 2.05) is 0 Å². The zero-order chi connectivity index (χ0) is 11.3. The third-order valence-electron chi connectivity index (χ3n) is 3.04. The lowest BCUT2D eigenvalue weighted by molar-refractivity contribution is 0.0720. The Kier molecular flexibility index (Phi) is 1.97. The average molecular weight is 224 g/mol. The standard InChI is InChI=1S/C11H10F2N2O/c12-7-3-9-10(4-8(7)13)15-11(14-9)5-1-6(16)2-5/h3-6,16H,1-2H2,(H,14,15). The molecule has 0 bridgehead atoms. The number of hydrogen-bond donors (Lipinski definition) is 2. The number of aromatic nitrogens is 2. The van der Waals surface area contributed by atoms with Crippen LogP contribution >= 0.6 is 0 Å². The maximum Gasteiger partial charge on any atom is 0.161 e. The van der Waals surface area contributed by atoms with E-state index in [1.165, 1.54) is 0 Å². The molecule has 1 aliphatic carbocycles. The number of H-pyrrole nitrogens is 1. The van der Waals surface area contributed by atoms with Gasteiger partial charge in [0.1, 0.15) is 5.82 Å². The summed E-state index contributed by atoms with van der Waals surface area (Å²) in [4.78, 5) is 7.15. The first-order valence-corrected chi connectivity index (χ1v) is 5.16. The van der Waals surface area contributed by atoms with Crippen LogP contribution in [0.4, 0.5) is 8.78 Å². The molecule has 1 saturated carbocycles. The summed E-state index contributed by atoms with van der Waals surface area (Å²) in [7, 11) is 0. The zero-order valence-corrected chi connectivity index (χ0v) is 8.37. The van der Waals surface area contributed by atoms with Crippen LogP contribution in [0.25, 0.3) is 11.0 Å². The molecule has 1 fully saturated rings. The lowest BCUT2D eigenvalue weighted by atomic mass is 9.82. The van der Waals surface area contributed by atoms with Crippen molar-refractivity contribution in [3.63, 3.8) is 0 Å². The predicted molar refractivity (Wildman–Crippen MR) is 54.0 cm³/mol. The molecule has 0 radical (unpaired) electrons. The van der Waals surface area contributed by atoms with Gasteiger partial charge in [-0.25, -0.2) is 13.8 Å². The maximum atomic E-state index is 13.0. The van der Waals surface area contributed by atoms with Gasteiger partial charge in [-0.15, -0.1) is 0 Å². The number of hydrogen-bond acceptors (Lipinski definition) is 2. The number of fused-ring (bicyclic) bond motifs is 1. The fourth-order valence-electron chi connectivity index (χ4n) is 2.03. The van der Waals surface area contributed by atoms with E-state index in [0.29, 0.717) is 29.7 Å². The first-order valence-electron chi connectivity index (χ1n) is 5.16. The van der Waals surface area contributed by atoms with Gasteiger partial charge in [0.15, 0.2) is 11.6 Å². The number of nitrogens with one attached hydrogen (secondary N) is 1. The normalized spacial score (nSPS) is 24.7. The highest BCUT2D eigenvalue weighted by Gasteiger charge is 2.30. The third kappa shape index (κ3) is 1.39. The summed E-state index contributed by atoms with van der Waals surface area (Å²) in [6, 6.07) is 2.19. The van der Waals surface area contributed by atoms with Crippen LogP contribution in [0.5, 0.6) is 0 Å². The molecular weight excluding hydrogens is 214 g/mol. The molecule has 84 valence electrons. The molecule has 1 aromatic carbocycles. The quantitative estimate of drug-likeness (QED) is 0.779. The molecule has 5 heteroatoms. The molecule has 0 amide bonds. The molecule has 3 rings (SSSR count). The van der Waals surface area contributed by atoms with Gasteiger partial charge in [0.25, 0.3) is 0 Å². The topological polar surface area (TPSA) is 48.9 Å². The molecule has 0 saturated heterocycles. The molecule has 1 heterocycles. The van der Waals surface area contributed by atoms with E-state index >= 15 is 0 Å². The number of aromatic amines is 1. The van der Waals surface area contributed by atoms with Crippen molar-refractivity contribution in [3.8, 4) is 0 Å². The molecule has 16 heavy (non-hydrogen) atoms. The van der Waals surface area contributed by atoms with Gasteiger partial charge >= 0.3 is 0 Å². The van der Waals surface area contributed by atoms with Gasteiger partial charge in [-0.3, -0.25) is 0 Å². The van der Waals surface area contributed by atoms with Crippen LogP contribution in [0.1, 0.15) is 24.6 Å². The molecule has 3 nitrogen and oxygen atoms in total. The molecule has 0 aliphatic heterocycles. The van der Waals surface area contributed by atoms with Gasteiger partial charge < -0.3 is 10.1 Å². The number of benzene rings is 1. The zero-order valence-electron chi connectivity index (χ0n) is 8.37. The summed E-state index contributed by atoms with van der Waals surface area (Å²) in [5, 5.41) is 9.18. The summed E-state index contributed by atoms with van der Waals surface area (Å²) in [6.45, 7) is 0. The SMILES string of the molecule is OC1CC(c2nc3cc(F)c(F)cc3[nH]2)C1. The minimum atomic E-state index is -0.890. The Bertz CT molecular complexity index is 507. The molecule has 2 N–H and O–H groups in total. The van der Waals surface area contributed by atoms with E-state index in [2.05, 4.69) is 9.97 Å². The number of aliphatic hydroxyl groups excluding tert-OH is 1. The Morgan fingerprint density at radius 1 is 1.25 bits per heavy atom. The van der Waals surface area contributed by atoms with E-state index in [9.17, 15) is 13.9 Å². The van der Waals surface area contributed by atoms with E-state index in [-0.39, 0.29) is 12.0 Å². The monoisotopic (exact) mass is 224 g/mol. The second kappa shape index (κ2) is 3.25. The van der Waals surface area contributed by atoms with Crippen LogP contribution in [0.2, 0.25) is 0 Å². The average Bonchev–Trinajstić information content (AvgIpc) is 2.56. The smallest absolute Gasteiger partial charge is 0.161 e. The minimum absolute atomic E-state index is 0.175. The summed E-state index contributed by atoms with van der Waals surface area (Å²) in [6.07, 6.45) is 1.04. The van der Waals surface area contributed by atoms with Crippen LogP contribution in [0.3, 0.4) is 0 Å². The number of aliphatic hydroxyl groups is 1. The van der Waals surface area contributed by atoms with Crippen molar-refractivity contribution in [3.05, 3.63) is 29.6 Å². The van der Waals surface area contributed by atoms with Crippen LogP contribution < -0.4 is 0 Å². The fourth-order valence-corrected chi connectivity index (χ4v) is 2.03. The predicted octanol–water partition coefficient (Wildman–Crippen LogP) is 2.08. The Morgan fingerprint density at radius 2 is 1.94 bits per heavy atom. The van der Waals surface area contributed by atoms with Crippen LogP contribution in [-0.2, 0) is 0 Å². The molecule has 0 atom stereocenters. The largest absolute Gasteiger partial charge is 0.393 e. The fraction of sp³-hybridized carbons (Fsp3) is 0.364. The molecular formula is C11H10F2N2O. The Hall–Kier alpha value is -1.49. The maximum absolute atomic E-state index is 13.0. The van der Waals surface area contributed by atoms with Crippen molar-refractivity contribution in [2.24, 2.45) is 0 Å². The number of rotatable bonds is 1. The lowest BCUT2D eigenvalue weighted by Gasteiger charge is -2.29. The van der Waals surface area contributed by atoms with Crippen molar-refractivity contribution in [1.82, 2.24) is 9.97 Å². The van der Waals surface area contributed by atoms with Crippen molar-refractivity contribution >= 4 is 11.0 Å². The molecule has 1 aliphatic rings. The van der Waals surface area contributed by atoms with Crippen molar-refractivity contribution in [2.75, 3.05) is 0 Å².